The summed E-state index contributed by atoms with van der Waals surface area (Å²) < 4.78 is 10.6. The molecular weight excluding hydrogens is 370 g/mol. The third kappa shape index (κ3) is 4.87. The second-order valence-corrected chi connectivity index (χ2v) is 6.71. The van der Waals surface area contributed by atoms with Gasteiger partial charge in [0.05, 0.1) is 14.2 Å². The van der Waals surface area contributed by atoms with Gasteiger partial charge in [-0.25, -0.2) is 0 Å². The molecule has 1 unspecified atom stereocenters. The molecule has 3 N–H and O–H groups in total. The molecule has 0 fully saturated rings. The summed E-state index contributed by atoms with van der Waals surface area (Å²) in [7, 11) is 3.15. The number of amides is 2. The predicted octanol–water partition coefficient (Wildman–Crippen LogP) is 2.55. The van der Waals surface area contributed by atoms with Crippen molar-refractivity contribution in [2.24, 2.45) is 0 Å². The van der Waals surface area contributed by atoms with Gasteiger partial charge >= 0.3 is 0 Å². The number of hydrogen-bond acceptors (Lipinski definition) is 4. The summed E-state index contributed by atoms with van der Waals surface area (Å²) in [6.45, 7) is 1.68. The fraction of sp³-hybridized carbons (Fsp3) is 0.273. The first kappa shape index (κ1) is 20.3. The highest BCUT2D eigenvalue weighted by Crippen LogP contribution is 2.24. The standard InChI is InChI=1S/C22H25N3O4/c1-14(26)25-20(10-16-13-23-19-7-5-4-6-18(16)19)22(27)24-12-15-8-9-17(28-2)11-21(15)29-3/h4-9,11,13,20,23H,10,12H2,1-3H3,(H,24,27)(H,25,26). The van der Waals surface area contributed by atoms with Crippen molar-refractivity contribution in [2.45, 2.75) is 25.9 Å². The minimum Gasteiger partial charge on any atom is -0.497 e. The highest BCUT2D eigenvalue weighted by atomic mass is 16.5. The Labute approximate surface area is 169 Å². The molecule has 29 heavy (non-hydrogen) atoms. The van der Waals surface area contributed by atoms with Crippen LogP contribution in [0.5, 0.6) is 11.5 Å². The van der Waals surface area contributed by atoms with Crippen molar-refractivity contribution in [3.63, 3.8) is 0 Å². The molecule has 0 saturated heterocycles. The smallest absolute Gasteiger partial charge is 0.243 e. The zero-order chi connectivity index (χ0) is 20.8. The molecule has 1 heterocycles. The molecule has 3 rings (SSSR count). The van der Waals surface area contributed by atoms with Crippen molar-refractivity contribution in [3.8, 4) is 11.5 Å². The average Bonchev–Trinajstić information content (AvgIpc) is 3.14. The lowest BCUT2D eigenvalue weighted by molar-refractivity contribution is -0.128. The van der Waals surface area contributed by atoms with Crippen molar-refractivity contribution in [1.29, 1.82) is 0 Å². The molecule has 0 aliphatic rings. The van der Waals surface area contributed by atoms with Crippen LogP contribution in [0.1, 0.15) is 18.1 Å². The largest absolute Gasteiger partial charge is 0.497 e. The summed E-state index contributed by atoms with van der Waals surface area (Å²) >= 11 is 0. The van der Waals surface area contributed by atoms with Gasteiger partial charge in [-0.15, -0.1) is 0 Å². The molecule has 0 aliphatic carbocycles. The SMILES string of the molecule is COc1ccc(CNC(=O)C(Cc2c[nH]c3ccccc23)NC(C)=O)c(OC)c1. The third-order valence-corrected chi connectivity index (χ3v) is 4.74. The summed E-state index contributed by atoms with van der Waals surface area (Å²) in [6, 6.07) is 12.6. The summed E-state index contributed by atoms with van der Waals surface area (Å²) in [4.78, 5) is 27.7. The van der Waals surface area contributed by atoms with E-state index in [2.05, 4.69) is 15.6 Å². The van der Waals surface area contributed by atoms with Crippen LogP contribution in [0.15, 0.2) is 48.7 Å². The predicted molar refractivity (Wildman–Crippen MR) is 111 cm³/mol. The van der Waals surface area contributed by atoms with Gasteiger partial charge in [-0.2, -0.15) is 0 Å². The highest BCUT2D eigenvalue weighted by Gasteiger charge is 2.21. The van der Waals surface area contributed by atoms with Gasteiger partial charge in [0.15, 0.2) is 0 Å². The van der Waals surface area contributed by atoms with E-state index in [-0.39, 0.29) is 18.4 Å². The van der Waals surface area contributed by atoms with Gasteiger partial charge in [0, 0.05) is 48.6 Å². The monoisotopic (exact) mass is 395 g/mol. The first-order valence-corrected chi connectivity index (χ1v) is 9.32. The Hall–Kier alpha value is -3.48. The van der Waals surface area contributed by atoms with Gasteiger partial charge in [0.2, 0.25) is 11.8 Å². The van der Waals surface area contributed by atoms with Gasteiger partial charge in [0.25, 0.3) is 0 Å². The van der Waals surface area contributed by atoms with E-state index >= 15 is 0 Å². The van der Waals surface area contributed by atoms with Crippen molar-refractivity contribution in [2.75, 3.05) is 14.2 Å². The zero-order valence-electron chi connectivity index (χ0n) is 16.7. The number of carbonyl (C=O) groups excluding carboxylic acids is 2. The molecule has 1 aromatic heterocycles. The number of rotatable bonds is 8. The number of benzene rings is 2. The van der Waals surface area contributed by atoms with E-state index in [0.29, 0.717) is 17.9 Å². The number of aromatic amines is 1. The molecule has 152 valence electrons. The Morgan fingerprint density at radius 1 is 1.07 bits per heavy atom. The van der Waals surface area contributed by atoms with E-state index in [0.717, 1.165) is 22.0 Å². The molecule has 0 spiro atoms. The minimum atomic E-state index is -0.684. The van der Waals surface area contributed by atoms with Crippen LogP contribution in [0.2, 0.25) is 0 Å². The maximum absolute atomic E-state index is 12.8. The summed E-state index contributed by atoms with van der Waals surface area (Å²) in [5.41, 5.74) is 2.78. The van der Waals surface area contributed by atoms with E-state index in [1.54, 1.807) is 26.4 Å². The van der Waals surface area contributed by atoms with Crippen LogP contribution in [-0.2, 0) is 22.6 Å². The molecule has 2 amide bonds. The van der Waals surface area contributed by atoms with Crippen LogP contribution in [0.4, 0.5) is 0 Å². The second-order valence-electron chi connectivity index (χ2n) is 6.71. The molecule has 0 saturated carbocycles. The quantitative estimate of drug-likeness (QED) is 0.547. The number of hydrogen-bond donors (Lipinski definition) is 3. The summed E-state index contributed by atoms with van der Waals surface area (Å²) in [5, 5.41) is 6.68. The van der Waals surface area contributed by atoms with Crippen molar-refractivity contribution < 1.29 is 19.1 Å². The number of methoxy groups -OCH3 is 2. The first-order valence-electron chi connectivity index (χ1n) is 9.32. The van der Waals surface area contributed by atoms with Gasteiger partial charge in [-0.05, 0) is 23.8 Å². The van der Waals surface area contributed by atoms with Gasteiger partial charge in [-0.1, -0.05) is 18.2 Å². The minimum absolute atomic E-state index is 0.257. The zero-order valence-corrected chi connectivity index (χ0v) is 16.7. The maximum atomic E-state index is 12.8. The lowest BCUT2D eigenvalue weighted by atomic mass is 10.0. The van der Waals surface area contributed by atoms with Crippen molar-refractivity contribution in [1.82, 2.24) is 15.6 Å². The Bertz CT molecular complexity index is 1010. The molecule has 2 aromatic carbocycles. The van der Waals surface area contributed by atoms with Gasteiger partial charge in [-0.3, -0.25) is 9.59 Å². The second kappa shape index (κ2) is 9.14. The number of ether oxygens (including phenoxy) is 2. The fourth-order valence-corrected chi connectivity index (χ4v) is 3.28. The molecule has 3 aromatic rings. The molecular formula is C22H25N3O4. The Morgan fingerprint density at radius 2 is 1.86 bits per heavy atom. The lowest BCUT2D eigenvalue weighted by Crippen LogP contribution is -2.47. The number of H-pyrrole nitrogens is 1. The van der Waals surface area contributed by atoms with Crippen LogP contribution >= 0.6 is 0 Å². The molecule has 7 nitrogen and oxygen atoms in total. The molecule has 0 radical (unpaired) electrons. The van der Waals surface area contributed by atoms with Crippen LogP contribution < -0.4 is 20.1 Å². The fourth-order valence-electron chi connectivity index (χ4n) is 3.28. The van der Waals surface area contributed by atoms with Crippen LogP contribution in [0.25, 0.3) is 10.9 Å². The van der Waals surface area contributed by atoms with E-state index in [4.69, 9.17) is 9.47 Å². The topological polar surface area (TPSA) is 92.5 Å². The molecule has 7 heteroatoms. The molecule has 0 bridgehead atoms. The molecule has 0 aliphatic heterocycles. The number of aromatic nitrogens is 1. The Balaban J connectivity index is 1.73. The van der Waals surface area contributed by atoms with Crippen LogP contribution in [0, 0.1) is 0 Å². The normalized spacial score (nSPS) is 11.7. The Kier molecular flexibility index (Phi) is 6.39. The maximum Gasteiger partial charge on any atom is 0.243 e. The summed E-state index contributed by atoms with van der Waals surface area (Å²) in [5.74, 6) is 0.778. The third-order valence-electron chi connectivity index (χ3n) is 4.74. The Morgan fingerprint density at radius 3 is 2.59 bits per heavy atom. The average molecular weight is 395 g/mol. The van der Waals surface area contributed by atoms with Crippen LogP contribution in [0.3, 0.4) is 0 Å². The van der Waals surface area contributed by atoms with Gasteiger partial charge < -0.3 is 25.1 Å². The highest BCUT2D eigenvalue weighted by molar-refractivity contribution is 5.89. The number of carbonyl (C=O) groups is 2. The first-order chi connectivity index (χ1) is 14.0. The van der Waals surface area contributed by atoms with E-state index in [1.807, 2.05) is 36.5 Å². The molecule has 1 atom stereocenters. The summed E-state index contributed by atoms with van der Waals surface area (Å²) in [6.07, 6.45) is 2.26. The van der Waals surface area contributed by atoms with E-state index in [9.17, 15) is 9.59 Å². The van der Waals surface area contributed by atoms with Crippen molar-refractivity contribution >= 4 is 22.7 Å². The van der Waals surface area contributed by atoms with Crippen LogP contribution in [-0.4, -0.2) is 37.1 Å². The van der Waals surface area contributed by atoms with E-state index in [1.165, 1.54) is 6.92 Å². The van der Waals surface area contributed by atoms with Crippen molar-refractivity contribution in [3.05, 3.63) is 59.8 Å². The number of para-hydroxylation sites is 1. The lowest BCUT2D eigenvalue weighted by Gasteiger charge is -2.18. The number of fused-ring (bicyclic) bond motifs is 1. The van der Waals surface area contributed by atoms with E-state index < -0.39 is 6.04 Å². The van der Waals surface area contributed by atoms with Gasteiger partial charge in [0.1, 0.15) is 17.5 Å². The number of nitrogens with one attached hydrogen (secondary N) is 3.